The van der Waals surface area contributed by atoms with Crippen LogP contribution in [0, 0.1) is 0 Å². The summed E-state index contributed by atoms with van der Waals surface area (Å²) < 4.78 is 0. The van der Waals surface area contributed by atoms with Crippen LogP contribution >= 0.6 is 0 Å². The van der Waals surface area contributed by atoms with Crippen molar-refractivity contribution >= 4 is 5.91 Å². The highest BCUT2D eigenvalue weighted by Crippen LogP contribution is 2.15. The van der Waals surface area contributed by atoms with Crippen LogP contribution in [0.4, 0.5) is 0 Å². The molecule has 0 saturated carbocycles. The Balaban J connectivity index is 2.61. The lowest BCUT2D eigenvalue weighted by Gasteiger charge is -2.38. The monoisotopic (exact) mass is 213 g/mol. The Morgan fingerprint density at radius 3 is 2.80 bits per heavy atom. The van der Waals surface area contributed by atoms with E-state index in [9.17, 15) is 4.79 Å². The normalized spacial score (nSPS) is 24.9. The van der Waals surface area contributed by atoms with Gasteiger partial charge in [-0.1, -0.05) is 0 Å². The van der Waals surface area contributed by atoms with Crippen molar-refractivity contribution in [3.05, 3.63) is 0 Å². The molecule has 1 amide bonds. The molecule has 1 rings (SSSR count). The summed E-state index contributed by atoms with van der Waals surface area (Å²) in [7, 11) is 2.11. The molecule has 88 valence electrons. The van der Waals surface area contributed by atoms with Gasteiger partial charge in [0.05, 0.1) is 6.04 Å². The van der Waals surface area contributed by atoms with Gasteiger partial charge in [0.2, 0.25) is 5.91 Å². The third kappa shape index (κ3) is 3.18. The third-order valence-electron chi connectivity index (χ3n) is 3.05. The molecule has 4 heteroatoms. The van der Waals surface area contributed by atoms with E-state index in [0.717, 1.165) is 26.1 Å². The summed E-state index contributed by atoms with van der Waals surface area (Å²) in [4.78, 5) is 16.1. The number of piperidine rings is 1. The van der Waals surface area contributed by atoms with Crippen molar-refractivity contribution in [1.82, 2.24) is 9.80 Å². The van der Waals surface area contributed by atoms with Crippen LogP contribution in [0.25, 0.3) is 0 Å². The van der Waals surface area contributed by atoms with E-state index in [1.54, 1.807) is 6.92 Å². The van der Waals surface area contributed by atoms with Crippen molar-refractivity contribution in [1.29, 1.82) is 0 Å². The first-order valence-corrected chi connectivity index (χ1v) is 5.80. The molecule has 1 aliphatic rings. The van der Waals surface area contributed by atoms with E-state index < -0.39 is 0 Å². The van der Waals surface area contributed by atoms with Crippen LogP contribution in [0.3, 0.4) is 0 Å². The van der Waals surface area contributed by atoms with E-state index in [0.29, 0.717) is 6.04 Å². The van der Waals surface area contributed by atoms with E-state index >= 15 is 0 Å². The van der Waals surface area contributed by atoms with E-state index in [4.69, 9.17) is 5.73 Å². The van der Waals surface area contributed by atoms with E-state index in [2.05, 4.69) is 11.9 Å². The number of hydrogen-bond donors (Lipinski definition) is 1. The fourth-order valence-electron chi connectivity index (χ4n) is 2.25. The van der Waals surface area contributed by atoms with E-state index in [1.165, 1.54) is 6.42 Å². The molecular formula is C11H23N3O. The molecule has 0 aromatic rings. The maximum atomic E-state index is 11.9. The molecule has 0 bridgehead atoms. The smallest absolute Gasteiger partial charge is 0.239 e. The number of amides is 1. The molecule has 0 radical (unpaired) electrons. The molecule has 15 heavy (non-hydrogen) atoms. The fraction of sp³-hybridized carbons (Fsp3) is 0.909. The molecule has 0 aliphatic carbocycles. The highest BCUT2D eigenvalue weighted by molar-refractivity contribution is 5.81. The Kier molecular flexibility index (Phi) is 4.54. The van der Waals surface area contributed by atoms with Crippen molar-refractivity contribution in [3.8, 4) is 0 Å². The molecule has 1 fully saturated rings. The number of carbonyl (C=O) groups excluding carboxylic acids is 1. The minimum absolute atomic E-state index is 0.0813. The van der Waals surface area contributed by atoms with Gasteiger partial charge in [-0.25, -0.2) is 0 Å². The number of likely N-dealkylation sites (tertiary alicyclic amines) is 1. The first kappa shape index (κ1) is 12.5. The van der Waals surface area contributed by atoms with Crippen LogP contribution in [0.15, 0.2) is 0 Å². The molecule has 0 aromatic heterocycles. The summed E-state index contributed by atoms with van der Waals surface area (Å²) in [6, 6.07) is -0.0237. The zero-order valence-electron chi connectivity index (χ0n) is 10.1. The maximum Gasteiger partial charge on any atom is 0.239 e. The predicted octanol–water partition coefficient (Wildman–Crippen LogP) is 0.276. The number of nitrogens with zero attached hydrogens (tertiary/aromatic N) is 2. The SMILES string of the molecule is CCN(C(=O)C(C)N)C1CCCN(C)C1. The van der Waals surface area contributed by atoms with Crippen LogP contribution < -0.4 is 5.73 Å². The van der Waals surface area contributed by atoms with Crippen LogP contribution in [0.1, 0.15) is 26.7 Å². The lowest BCUT2D eigenvalue weighted by molar-refractivity contribution is -0.135. The summed E-state index contributed by atoms with van der Waals surface area (Å²) in [5.74, 6) is 0.0813. The second-order valence-corrected chi connectivity index (χ2v) is 4.47. The standard InChI is InChI=1S/C11H23N3O/c1-4-14(11(15)9(2)12)10-6-5-7-13(3)8-10/h9-10H,4-8,12H2,1-3H3. The molecular weight excluding hydrogens is 190 g/mol. The molecule has 4 nitrogen and oxygen atoms in total. The molecule has 2 unspecified atom stereocenters. The van der Waals surface area contributed by atoms with E-state index in [1.807, 2.05) is 11.8 Å². The second kappa shape index (κ2) is 5.47. The molecule has 0 aromatic carbocycles. The summed E-state index contributed by atoms with van der Waals surface area (Å²) in [5, 5.41) is 0. The van der Waals surface area contributed by atoms with Gasteiger partial charge in [0.15, 0.2) is 0 Å². The Morgan fingerprint density at radius 1 is 1.67 bits per heavy atom. The van der Waals surface area contributed by atoms with Gasteiger partial charge in [0, 0.05) is 19.1 Å². The number of rotatable bonds is 3. The molecule has 2 atom stereocenters. The van der Waals surface area contributed by atoms with Crippen molar-refractivity contribution in [3.63, 3.8) is 0 Å². The first-order chi connectivity index (χ1) is 7.06. The number of nitrogens with two attached hydrogens (primary N) is 1. The van der Waals surface area contributed by atoms with E-state index in [-0.39, 0.29) is 11.9 Å². The topological polar surface area (TPSA) is 49.6 Å². The lowest BCUT2D eigenvalue weighted by atomic mass is 10.0. The molecule has 0 spiro atoms. The minimum atomic E-state index is -0.378. The van der Waals surface area contributed by atoms with Gasteiger partial charge in [0.25, 0.3) is 0 Å². The van der Waals surface area contributed by atoms with Crippen LogP contribution in [0.5, 0.6) is 0 Å². The highest BCUT2D eigenvalue weighted by atomic mass is 16.2. The van der Waals surface area contributed by atoms with Crippen molar-refractivity contribution in [2.45, 2.75) is 38.8 Å². The summed E-state index contributed by atoms with van der Waals surface area (Å²) in [5.41, 5.74) is 5.65. The predicted molar refractivity (Wildman–Crippen MR) is 61.6 cm³/mol. The number of carbonyl (C=O) groups is 1. The van der Waals surface area contributed by atoms with Gasteiger partial charge in [-0.05, 0) is 40.3 Å². The summed E-state index contributed by atoms with van der Waals surface area (Å²) in [6.07, 6.45) is 2.28. The fourth-order valence-corrected chi connectivity index (χ4v) is 2.25. The van der Waals surface area contributed by atoms with Crippen molar-refractivity contribution in [2.24, 2.45) is 5.73 Å². The quantitative estimate of drug-likeness (QED) is 0.732. The molecule has 1 saturated heterocycles. The zero-order valence-corrected chi connectivity index (χ0v) is 10.1. The van der Waals surface area contributed by atoms with Crippen LogP contribution in [-0.2, 0) is 4.79 Å². The van der Waals surface area contributed by atoms with Crippen molar-refractivity contribution < 1.29 is 4.79 Å². The summed E-state index contributed by atoms with van der Waals surface area (Å²) in [6.45, 7) is 6.66. The Morgan fingerprint density at radius 2 is 2.33 bits per heavy atom. The third-order valence-corrected chi connectivity index (χ3v) is 3.05. The highest BCUT2D eigenvalue weighted by Gasteiger charge is 2.27. The Labute approximate surface area is 92.4 Å². The maximum absolute atomic E-state index is 11.9. The van der Waals surface area contributed by atoms with Crippen LogP contribution in [-0.4, -0.2) is 54.5 Å². The Hall–Kier alpha value is -0.610. The van der Waals surface area contributed by atoms with Crippen molar-refractivity contribution in [2.75, 3.05) is 26.7 Å². The van der Waals surface area contributed by atoms with Gasteiger partial charge < -0.3 is 15.5 Å². The first-order valence-electron chi connectivity index (χ1n) is 5.80. The Bertz CT molecular complexity index is 218. The second-order valence-electron chi connectivity index (χ2n) is 4.47. The molecule has 2 N–H and O–H groups in total. The number of hydrogen-bond acceptors (Lipinski definition) is 3. The number of likely N-dealkylation sites (N-methyl/N-ethyl adjacent to an activating group) is 2. The average Bonchev–Trinajstić information content (AvgIpc) is 2.18. The molecule has 1 heterocycles. The van der Waals surface area contributed by atoms with Crippen LogP contribution in [0.2, 0.25) is 0 Å². The minimum Gasteiger partial charge on any atom is -0.337 e. The van der Waals surface area contributed by atoms with Gasteiger partial charge in [-0.15, -0.1) is 0 Å². The molecule has 1 aliphatic heterocycles. The van der Waals surface area contributed by atoms with Gasteiger partial charge in [0.1, 0.15) is 0 Å². The summed E-state index contributed by atoms with van der Waals surface area (Å²) >= 11 is 0. The van der Waals surface area contributed by atoms with Gasteiger partial charge >= 0.3 is 0 Å². The average molecular weight is 213 g/mol. The zero-order chi connectivity index (χ0) is 11.4. The van der Waals surface area contributed by atoms with Gasteiger partial charge in [-0.3, -0.25) is 4.79 Å². The lowest BCUT2D eigenvalue weighted by Crippen LogP contribution is -2.52. The largest absolute Gasteiger partial charge is 0.337 e. The van der Waals surface area contributed by atoms with Gasteiger partial charge in [-0.2, -0.15) is 0 Å².